The quantitative estimate of drug-likeness (QED) is 0.305. The second-order valence-corrected chi connectivity index (χ2v) is 1.54. The summed E-state index contributed by atoms with van der Waals surface area (Å²) in [6.45, 7) is 0. The van der Waals surface area contributed by atoms with Crippen LogP contribution in [0.4, 0.5) is 0 Å². The first-order chi connectivity index (χ1) is 2.81. The van der Waals surface area contributed by atoms with Crippen LogP contribution in [-0.4, -0.2) is 10.4 Å². The van der Waals surface area contributed by atoms with E-state index in [-0.39, 0.29) is 5.97 Å². The number of carbonyl (C=O) groups excluding carboxylic acids is 1. The molecule has 0 bridgehead atoms. The molecule has 0 rings (SSSR count). The van der Waals surface area contributed by atoms with Crippen molar-refractivity contribution in [1.82, 2.24) is 0 Å². The summed E-state index contributed by atoms with van der Waals surface area (Å²) in [5, 5.41) is 0. The molecule has 6 heavy (non-hydrogen) atoms. The summed E-state index contributed by atoms with van der Waals surface area (Å²) in [7, 11) is 0. The lowest BCUT2D eigenvalue weighted by atomic mass is 10.9. The van der Waals surface area contributed by atoms with Gasteiger partial charge in [-0.15, -0.1) is 0 Å². The van der Waals surface area contributed by atoms with Gasteiger partial charge in [0.05, 0.1) is 4.43 Å². The molecule has 0 saturated carbocycles. The summed E-state index contributed by atoms with van der Waals surface area (Å²) < 4.78 is 4.31. The van der Waals surface area contributed by atoms with Crippen molar-refractivity contribution >= 4 is 41.5 Å². The predicted octanol–water partition coefficient (Wildman–Crippen LogP) is 0.809. The summed E-state index contributed by atoms with van der Waals surface area (Å²) >= 11 is 5.13. The van der Waals surface area contributed by atoms with Crippen LogP contribution in [0.5, 0.6) is 0 Å². The van der Waals surface area contributed by atoms with Gasteiger partial charge in [-0.25, -0.2) is 0 Å². The van der Waals surface area contributed by atoms with Crippen LogP contribution in [0.3, 0.4) is 0 Å². The number of carbonyl (C=O) groups is 1. The molecule has 0 aliphatic carbocycles. The Morgan fingerprint density at radius 3 is 2.50 bits per heavy atom. The molecule has 0 aliphatic rings. The Hall–Kier alpha value is 0.550. The zero-order chi connectivity index (χ0) is 4.99. The molecule has 0 amide bonds. The fourth-order valence-corrected chi connectivity index (χ4v) is 0.491. The summed E-state index contributed by atoms with van der Waals surface area (Å²) in [5.41, 5.74) is 0. The number of halogens is 1. The van der Waals surface area contributed by atoms with E-state index in [0.29, 0.717) is 4.43 Å². The maximum Gasteiger partial charge on any atom is 0.327 e. The lowest BCUT2D eigenvalue weighted by molar-refractivity contribution is -0.129. The SMILES string of the molecule is O=C(CI)OS. The van der Waals surface area contributed by atoms with Crippen LogP contribution >= 0.6 is 35.5 Å². The Morgan fingerprint density at radius 2 is 2.50 bits per heavy atom. The molecular formula is C2H3IO2S. The normalized spacial score (nSPS) is 7.67. The molecule has 0 aromatic carbocycles. The lowest BCUT2D eigenvalue weighted by Crippen LogP contribution is -1.95. The number of hydrogen-bond donors (Lipinski definition) is 1. The van der Waals surface area contributed by atoms with Gasteiger partial charge >= 0.3 is 5.97 Å². The molecule has 0 spiro atoms. The van der Waals surface area contributed by atoms with Crippen LogP contribution in [0.25, 0.3) is 0 Å². The zero-order valence-corrected chi connectivity index (χ0v) is 5.90. The van der Waals surface area contributed by atoms with E-state index in [1.165, 1.54) is 0 Å². The maximum atomic E-state index is 9.87. The van der Waals surface area contributed by atoms with E-state index in [4.69, 9.17) is 0 Å². The van der Waals surface area contributed by atoms with Crippen molar-refractivity contribution in [2.24, 2.45) is 0 Å². The first kappa shape index (κ1) is 6.55. The zero-order valence-electron chi connectivity index (χ0n) is 2.85. The molecule has 0 heterocycles. The topological polar surface area (TPSA) is 26.3 Å². The Bertz CT molecular complexity index is 49.5. The van der Waals surface area contributed by atoms with Gasteiger partial charge in [-0.05, 0) is 0 Å². The van der Waals surface area contributed by atoms with Gasteiger partial charge in [0.1, 0.15) is 0 Å². The van der Waals surface area contributed by atoms with Crippen molar-refractivity contribution < 1.29 is 8.98 Å². The molecule has 0 saturated heterocycles. The molecule has 0 aromatic rings. The molecule has 0 fully saturated rings. The molecule has 0 aliphatic heterocycles. The van der Waals surface area contributed by atoms with Crippen LogP contribution in [0.1, 0.15) is 0 Å². The molecule has 0 N–H and O–H groups in total. The van der Waals surface area contributed by atoms with E-state index in [0.717, 1.165) is 0 Å². The van der Waals surface area contributed by atoms with Crippen LogP contribution in [0, 0.1) is 0 Å². The van der Waals surface area contributed by atoms with Crippen molar-refractivity contribution in [3.05, 3.63) is 0 Å². The van der Waals surface area contributed by atoms with Gasteiger partial charge in [0.15, 0.2) is 0 Å². The van der Waals surface area contributed by atoms with E-state index in [1.54, 1.807) is 0 Å². The summed E-state index contributed by atoms with van der Waals surface area (Å²) in [6, 6.07) is 0. The third-order valence-corrected chi connectivity index (χ3v) is 1.04. The van der Waals surface area contributed by atoms with Crippen molar-refractivity contribution in [3.8, 4) is 0 Å². The fourth-order valence-electron chi connectivity index (χ4n) is 0.0244. The average molecular weight is 218 g/mol. The van der Waals surface area contributed by atoms with E-state index in [1.807, 2.05) is 22.6 Å². The van der Waals surface area contributed by atoms with Gasteiger partial charge in [-0.3, -0.25) is 4.79 Å². The van der Waals surface area contributed by atoms with Gasteiger partial charge < -0.3 is 4.18 Å². The smallest absolute Gasteiger partial charge is 0.327 e. The highest BCUT2D eigenvalue weighted by Gasteiger charge is 1.90. The Balaban J connectivity index is 2.99. The maximum absolute atomic E-state index is 9.87. The van der Waals surface area contributed by atoms with Gasteiger partial charge in [-0.1, -0.05) is 22.6 Å². The molecule has 0 aromatic heterocycles. The molecule has 36 valence electrons. The molecule has 4 heteroatoms. The minimum atomic E-state index is -0.307. The van der Waals surface area contributed by atoms with Crippen molar-refractivity contribution in [2.45, 2.75) is 0 Å². The highest BCUT2D eigenvalue weighted by Crippen LogP contribution is 1.86. The second kappa shape index (κ2) is 3.73. The van der Waals surface area contributed by atoms with Crippen molar-refractivity contribution in [3.63, 3.8) is 0 Å². The van der Waals surface area contributed by atoms with Crippen molar-refractivity contribution in [1.29, 1.82) is 0 Å². The van der Waals surface area contributed by atoms with E-state index >= 15 is 0 Å². The Kier molecular flexibility index (Phi) is 4.07. The van der Waals surface area contributed by atoms with E-state index in [9.17, 15) is 4.79 Å². The van der Waals surface area contributed by atoms with Gasteiger partial charge in [0.2, 0.25) is 0 Å². The first-order valence-electron chi connectivity index (χ1n) is 1.21. The molecular weight excluding hydrogens is 215 g/mol. The summed E-state index contributed by atoms with van der Waals surface area (Å²) in [6.07, 6.45) is 0. The van der Waals surface area contributed by atoms with E-state index in [2.05, 4.69) is 17.1 Å². The van der Waals surface area contributed by atoms with E-state index < -0.39 is 0 Å². The van der Waals surface area contributed by atoms with Crippen LogP contribution in [-0.2, 0) is 8.98 Å². The number of hydrogen-bond acceptors (Lipinski definition) is 3. The molecule has 0 radical (unpaired) electrons. The highest BCUT2D eigenvalue weighted by molar-refractivity contribution is 14.1. The highest BCUT2D eigenvalue weighted by atomic mass is 127. The Labute approximate surface area is 55.0 Å². The van der Waals surface area contributed by atoms with Gasteiger partial charge in [-0.2, -0.15) is 0 Å². The molecule has 2 nitrogen and oxygen atoms in total. The third-order valence-electron chi connectivity index (χ3n) is 0.211. The number of rotatable bonds is 1. The minimum Gasteiger partial charge on any atom is -0.394 e. The second-order valence-electron chi connectivity index (χ2n) is 0.597. The minimum absolute atomic E-state index is 0.307. The first-order valence-corrected chi connectivity index (χ1v) is 3.10. The predicted molar refractivity (Wildman–Crippen MR) is 34.0 cm³/mol. The Morgan fingerprint density at radius 1 is 2.00 bits per heavy atom. The molecule has 0 unspecified atom stereocenters. The third kappa shape index (κ3) is 2.77. The van der Waals surface area contributed by atoms with Gasteiger partial charge in [0, 0.05) is 12.9 Å². The number of alkyl halides is 1. The molecule has 0 atom stereocenters. The lowest BCUT2D eigenvalue weighted by Gasteiger charge is -1.83. The van der Waals surface area contributed by atoms with Crippen molar-refractivity contribution in [2.75, 3.05) is 4.43 Å². The standard InChI is InChI=1S/C2H3IO2S/c3-1-2(4)5-6/h6H,1H2. The summed E-state index contributed by atoms with van der Waals surface area (Å²) in [4.78, 5) is 9.87. The fraction of sp³-hybridized carbons (Fsp3) is 0.500. The summed E-state index contributed by atoms with van der Waals surface area (Å²) in [5.74, 6) is -0.307. The van der Waals surface area contributed by atoms with Crippen LogP contribution in [0.15, 0.2) is 0 Å². The monoisotopic (exact) mass is 218 g/mol. The number of thiol groups is 1. The average Bonchev–Trinajstić information content (AvgIpc) is 1.65. The largest absolute Gasteiger partial charge is 0.394 e. The van der Waals surface area contributed by atoms with Crippen LogP contribution < -0.4 is 0 Å². The van der Waals surface area contributed by atoms with Gasteiger partial charge in [0.25, 0.3) is 0 Å². The van der Waals surface area contributed by atoms with Crippen LogP contribution in [0.2, 0.25) is 0 Å².